The Morgan fingerprint density at radius 1 is 0.941 bits per heavy atom. The van der Waals surface area contributed by atoms with Crippen LogP contribution in [-0.2, 0) is 14.8 Å². The second-order valence-corrected chi connectivity index (χ2v) is 10.0. The predicted octanol–water partition coefficient (Wildman–Crippen LogP) is 2.40. The molecule has 2 aromatic carbocycles. The van der Waals surface area contributed by atoms with Crippen LogP contribution in [0.5, 0.6) is 0 Å². The Bertz CT molecular complexity index is 1330. The fraction of sp³-hybridized carbons (Fsp3) is 0.292. The summed E-state index contributed by atoms with van der Waals surface area (Å²) in [6.07, 6.45) is 0.349. The zero-order valence-electron chi connectivity index (χ0n) is 19.1. The Kier molecular flexibility index (Phi) is 6.80. The van der Waals surface area contributed by atoms with E-state index in [0.717, 1.165) is 5.56 Å². The molecule has 0 radical (unpaired) electrons. The maximum Gasteiger partial charge on any atom is 0.271 e. The minimum atomic E-state index is -3.66. The number of amides is 1. The lowest BCUT2D eigenvalue weighted by Gasteiger charge is -2.34. The molecule has 1 amide bonds. The van der Waals surface area contributed by atoms with Gasteiger partial charge in [-0.05, 0) is 49.4 Å². The number of benzene rings is 2. The van der Waals surface area contributed by atoms with Crippen LogP contribution in [0.3, 0.4) is 0 Å². The molecule has 0 bridgehead atoms. The number of nitrogens with zero attached hydrogens (tertiary/aromatic N) is 4. The fourth-order valence-electron chi connectivity index (χ4n) is 3.71. The molecule has 10 heteroatoms. The Labute approximate surface area is 198 Å². The third-order valence-electron chi connectivity index (χ3n) is 5.72. The summed E-state index contributed by atoms with van der Waals surface area (Å²) in [5.41, 5.74) is 2.10. The normalized spacial score (nSPS) is 14.7. The van der Waals surface area contributed by atoms with Gasteiger partial charge in [0.25, 0.3) is 5.56 Å². The van der Waals surface area contributed by atoms with Gasteiger partial charge in [0.1, 0.15) is 5.82 Å². The van der Waals surface area contributed by atoms with Gasteiger partial charge in [0.2, 0.25) is 15.9 Å². The summed E-state index contributed by atoms with van der Waals surface area (Å²) in [6, 6.07) is 16.9. The predicted molar refractivity (Wildman–Crippen MR) is 131 cm³/mol. The molecule has 2 heterocycles. The number of hydrogen-bond donors (Lipinski definition) is 1. The van der Waals surface area contributed by atoms with Crippen molar-refractivity contribution in [1.29, 1.82) is 0 Å². The second-order valence-electron chi connectivity index (χ2n) is 8.09. The van der Waals surface area contributed by atoms with Crippen molar-refractivity contribution in [2.75, 3.05) is 36.4 Å². The van der Waals surface area contributed by atoms with Crippen molar-refractivity contribution < 1.29 is 13.2 Å². The van der Waals surface area contributed by atoms with Gasteiger partial charge < -0.3 is 10.2 Å². The zero-order chi connectivity index (χ0) is 24.3. The standard InChI is InChI=1S/C24H27N5O4S/c1-3-23(30)25-19-6-10-21(11-7-19)34(32,33)28-16-14-27(15-17-28)22-12-13-24(31)29(26-22)20-8-4-18(2)5-9-20/h4-13H,3,14-17H2,1-2H3,(H,25,30). The van der Waals surface area contributed by atoms with Gasteiger partial charge in [-0.3, -0.25) is 9.59 Å². The van der Waals surface area contributed by atoms with Crippen molar-refractivity contribution in [3.05, 3.63) is 76.6 Å². The molecule has 0 unspecified atom stereocenters. The number of nitrogens with one attached hydrogen (secondary N) is 1. The lowest BCUT2D eigenvalue weighted by molar-refractivity contribution is -0.115. The van der Waals surface area contributed by atoms with E-state index in [0.29, 0.717) is 49.8 Å². The van der Waals surface area contributed by atoms with Crippen LogP contribution >= 0.6 is 0 Å². The van der Waals surface area contributed by atoms with Crippen LogP contribution < -0.4 is 15.8 Å². The number of anilines is 2. The Morgan fingerprint density at radius 3 is 2.21 bits per heavy atom. The van der Waals surface area contributed by atoms with E-state index in [4.69, 9.17) is 0 Å². The summed E-state index contributed by atoms with van der Waals surface area (Å²) in [6.45, 7) is 5.21. The minimum Gasteiger partial charge on any atom is -0.353 e. The van der Waals surface area contributed by atoms with Crippen LogP contribution in [0.4, 0.5) is 11.5 Å². The first-order chi connectivity index (χ1) is 16.3. The Morgan fingerprint density at radius 2 is 1.59 bits per heavy atom. The number of carbonyl (C=O) groups excluding carboxylic acids is 1. The van der Waals surface area contributed by atoms with E-state index in [-0.39, 0.29) is 16.4 Å². The molecular formula is C24H27N5O4S. The lowest BCUT2D eigenvalue weighted by atomic mass is 10.2. The summed E-state index contributed by atoms with van der Waals surface area (Å²) in [4.78, 5) is 26.0. The average Bonchev–Trinajstić information content (AvgIpc) is 2.85. The van der Waals surface area contributed by atoms with Crippen molar-refractivity contribution in [1.82, 2.24) is 14.1 Å². The van der Waals surface area contributed by atoms with Gasteiger partial charge >= 0.3 is 0 Å². The van der Waals surface area contributed by atoms with Gasteiger partial charge in [0.15, 0.2) is 0 Å². The van der Waals surface area contributed by atoms with E-state index < -0.39 is 10.0 Å². The molecule has 1 aromatic heterocycles. The highest BCUT2D eigenvalue weighted by atomic mass is 32.2. The average molecular weight is 482 g/mol. The molecule has 1 aliphatic heterocycles. The zero-order valence-corrected chi connectivity index (χ0v) is 20.0. The number of aromatic nitrogens is 2. The molecule has 1 aliphatic rings. The van der Waals surface area contributed by atoms with E-state index >= 15 is 0 Å². The fourth-order valence-corrected chi connectivity index (χ4v) is 5.13. The van der Waals surface area contributed by atoms with E-state index in [1.165, 1.54) is 27.2 Å². The van der Waals surface area contributed by atoms with Crippen molar-refractivity contribution in [3.8, 4) is 5.69 Å². The van der Waals surface area contributed by atoms with Crippen LogP contribution in [0.1, 0.15) is 18.9 Å². The minimum absolute atomic E-state index is 0.131. The number of rotatable bonds is 6. The number of carbonyl (C=O) groups is 1. The maximum absolute atomic E-state index is 13.1. The SMILES string of the molecule is CCC(=O)Nc1ccc(S(=O)(=O)N2CCN(c3ccc(=O)n(-c4ccc(C)cc4)n3)CC2)cc1. The summed E-state index contributed by atoms with van der Waals surface area (Å²) in [7, 11) is -3.66. The molecule has 34 heavy (non-hydrogen) atoms. The van der Waals surface area contributed by atoms with Crippen molar-refractivity contribution in [2.45, 2.75) is 25.2 Å². The molecule has 1 N–H and O–H groups in total. The Balaban J connectivity index is 1.46. The van der Waals surface area contributed by atoms with Gasteiger partial charge in [-0.15, -0.1) is 5.10 Å². The summed E-state index contributed by atoms with van der Waals surface area (Å²) < 4.78 is 29.0. The topological polar surface area (TPSA) is 105 Å². The third kappa shape index (κ3) is 5.02. The molecule has 0 saturated carbocycles. The summed E-state index contributed by atoms with van der Waals surface area (Å²) >= 11 is 0. The second kappa shape index (κ2) is 9.78. The van der Waals surface area contributed by atoms with Crippen LogP contribution in [0.2, 0.25) is 0 Å². The van der Waals surface area contributed by atoms with Gasteiger partial charge in [0, 0.05) is 44.4 Å². The van der Waals surface area contributed by atoms with Gasteiger partial charge in [-0.1, -0.05) is 24.6 Å². The highest BCUT2D eigenvalue weighted by molar-refractivity contribution is 7.89. The van der Waals surface area contributed by atoms with Crippen molar-refractivity contribution in [3.63, 3.8) is 0 Å². The molecule has 4 rings (SSSR count). The first-order valence-electron chi connectivity index (χ1n) is 11.1. The van der Waals surface area contributed by atoms with E-state index in [9.17, 15) is 18.0 Å². The maximum atomic E-state index is 13.1. The molecule has 1 fully saturated rings. The first-order valence-corrected chi connectivity index (χ1v) is 12.5. The smallest absolute Gasteiger partial charge is 0.271 e. The molecule has 3 aromatic rings. The van der Waals surface area contributed by atoms with Gasteiger partial charge in [-0.25, -0.2) is 8.42 Å². The van der Waals surface area contributed by atoms with Crippen molar-refractivity contribution in [2.24, 2.45) is 0 Å². The molecule has 0 aliphatic carbocycles. The van der Waals surface area contributed by atoms with Gasteiger partial charge in [0.05, 0.1) is 10.6 Å². The van der Waals surface area contributed by atoms with Crippen molar-refractivity contribution >= 4 is 27.4 Å². The van der Waals surface area contributed by atoms with E-state index in [1.54, 1.807) is 25.1 Å². The van der Waals surface area contributed by atoms with E-state index in [1.807, 2.05) is 36.1 Å². The van der Waals surface area contributed by atoms with Crippen LogP contribution in [0, 0.1) is 6.92 Å². The summed E-state index contributed by atoms with van der Waals surface area (Å²) in [5.74, 6) is 0.488. The third-order valence-corrected chi connectivity index (χ3v) is 7.64. The summed E-state index contributed by atoms with van der Waals surface area (Å²) in [5, 5.41) is 7.22. The highest BCUT2D eigenvalue weighted by Gasteiger charge is 2.29. The monoisotopic (exact) mass is 481 g/mol. The van der Waals surface area contributed by atoms with Crippen LogP contribution in [0.15, 0.2) is 70.4 Å². The molecule has 0 atom stereocenters. The molecule has 1 saturated heterocycles. The Hall–Kier alpha value is -3.50. The van der Waals surface area contributed by atoms with E-state index in [2.05, 4.69) is 10.4 Å². The number of sulfonamides is 1. The molecule has 9 nitrogen and oxygen atoms in total. The number of aryl methyl sites for hydroxylation is 1. The number of piperazine rings is 1. The van der Waals surface area contributed by atoms with Crippen LogP contribution in [0.25, 0.3) is 5.69 Å². The largest absolute Gasteiger partial charge is 0.353 e. The van der Waals surface area contributed by atoms with Crippen LogP contribution in [-0.4, -0.2) is 54.6 Å². The quantitative estimate of drug-likeness (QED) is 0.580. The highest BCUT2D eigenvalue weighted by Crippen LogP contribution is 2.21. The lowest BCUT2D eigenvalue weighted by Crippen LogP contribution is -2.49. The molecule has 178 valence electrons. The first kappa shape index (κ1) is 23.7. The molecular weight excluding hydrogens is 454 g/mol. The molecule has 0 spiro atoms. The number of hydrogen-bond acceptors (Lipinski definition) is 6. The van der Waals surface area contributed by atoms with Gasteiger partial charge in [-0.2, -0.15) is 8.99 Å².